The molecule has 0 fully saturated rings. The van der Waals surface area contributed by atoms with Gasteiger partial charge in [0.1, 0.15) is 19.3 Å². The average Bonchev–Trinajstić information content (AvgIpc) is 3.33. The van der Waals surface area contributed by atoms with Crippen LogP contribution < -0.4 is 10.2 Å². The third-order valence-corrected chi connectivity index (χ3v) is 13.6. The van der Waals surface area contributed by atoms with Crippen molar-refractivity contribution in [2.24, 2.45) is 0 Å². The zero-order valence-electron chi connectivity index (χ0n) is 46.9. The molecule has 0 saturated carbocycles. The van der Waals surface area contributed by atoms with Crippen molar-refractivity contribution in [3.8, 4) is 0 Å². The molecule has 9 nitrogen and oxygen atoms in total. The molecule has 0 spiro atoms. The predicted molar refractivity (Wildman–Crippen MR) is 302 cm³/mol. The van der Waals surface area contributed by atoms with E-state index in [1.165, 1.54) is 116 Å². The van der Waals surface area contributed by atoms with E-state index in [1.807, 2.05) is 39.4 Å². The van der Waals surface area contributed by atoms with Crippen LogP contribution in [-0.4, -0.2) is 69.4 Å². The van der Waals surface area contributed by atoms with E-state index in [4.69, 9.17) is 13.8 Å². The van der Waals surface area contributed by atoms with Crippen molar-refractivity contribution in [2.45, 2.75) is 264 Å². The van der Waals surface area contributed by atoms with E-state index in [2.05, 4.69) is 80.8 Å². The van der Waals surface area contributed by atoms with Gasteiger partial charge in [0.15, 0.2) is 0 Å². The maximum absolute atomic E-state index is 13.5. The Bertz CT molecular complexity index is 1450. The molecule has 0 rings (SSSR count). The SMILES string of the molecule is CC/C=C/C=C/C=C\CCCCCCCC(=O)NC(COP(=O)([O-])OCC[N+](C)(C)C)C(/C=C\CCCCCCCCCCCCC)OC(=O)CCCCCCCCCCC/C=C\C/C=C\CCCCC. The summed E-state index contributed by atoms with van der Waals surface area (Å²) in [6, 6.07) is -0.902. The molecule has 0 bridgehead atoms. The molecule has 0 aliphatic carbocycles. The Labute approximate surface area is 438 Å². The number of hydrogen-bond donors (Lipinski definition) is 1. The topological polar surface area (TPSA) is 114 Å². The van der Waals surface area contributed by atoms with Crippen LogP contribution in [0.25, 0.3) is 0 Å². The molecule has 0 radical (unpaired) electrons. The summed E-state index contributed by atoms with van der Waals surface area (Å²) in [4.78, 5) is 39.9. The fraction of sp³-hybridized carbons (Fsp3) is 0.770. The van der Waals surface area contributed by atoms with E-state index >= 15 is 0 Å². The van der Waals surface area contributed by atoms with Gasteiger partial charge in [0.2, 0.25) is 5.91 Å². The zero-order chi connectivity index (χ0) is 52.2. The van der Waals surface area contributed by atoms with Crippen LogP contribution in [-0.2, 0) is 27.9 Å². The summed E-state index contributed by atoms with van der Waals surface area (Å²) in [7, 11) is 1.16. The van der Waals surface area contributed by atoms with E-state index in [9.17, 15) is 19.0 Å². The van der Waals surface area contributed by atoms with Crippen LogP contribution in [0.2, 0.25) is 0 Å². The number of phosphoric ester groups is 1. The molecular formula is C61H111N2O7P. The maximum Gasteiger partial charge on any atom is 0.306 e. The molecule has 0 aliphatic heterocycles. The summed E-state index contributed by atoms with van der Waals surface area (Å²) in [6.07, 6.45) is 64.3. The fourth-order valence-electron chi connectivity index (χ4n) is 8.14. The number of quaternary nitrogens is 1. The second kappa shape index (κ2) is 51.0. The highest BCUT2D eigenvalue weighted by molar-refractivity contribution is 7.45. The van der Waals surface area contributed by atoms with Crippen molar-refractivity contribution in [2.75, 3.05) is 40.9 Å². The number of rotatable bonds is 52. The number of hydrogen-bond acceptors (Lipinski definition) is 7. The molecule has 0 saturated heterocycles. The second-order valence-electron chi connectivity index (χ2n) is 20.8. The van der Waals surface area contributed by atoms with Gasteiger partial charge in [0.25, 0.3) is 7.82 Å². The number of likely N-dealkylation sites (N-methyl/N-ethyl adjacent to an activating group) is 1. The maximum atomic E-state index is 13.5. The van der Waals surface area contributed by atoms with Crippen LogP contribution in [0.1, 0.15) is 252 Å². The molecule has 71 heavy (non-hydrogen) atoms. The van der Waals surface area contributed by atoms with E-state index in [1.54, 1.807) is 0 Å². The molecule has 0 aromatic heterocycles. The highest BCUT2D eigenvalue weighted by atomic mass is 31.2. The monoisotopic (exact) mass is 1010 g/mol. The Hall–Kier alpha value is -2.55. The first kappa shape index (κ1) is 68.5. The highest BCUT2D eigenvalue weighted by Crippen LogP contribution is 2.38. The van der Waals surface area contributed by atoms with E-state index in [0.29, 0.717) is 23.9 Å². The number of nitrogens with zero attached hydrogens (tertiary/aromatic N) is 1. The third kappa shape index (κ3) is 52.1. The van der Waals surface area contributed by atoms with Gasteiger partial charge in [-0.3, -0.25) is 14.2 Å². The van der Waals surface area contributed by atoms with Gasteiger partial charge in [-0.1, -0.05) is 229 Å². The van der Waals surface area contributed by atoms with Gasteiger partial charge in [0.05, 0.1) is 33.8 Å². The van der Waals surface area contributed by atoms with Gasteiger partial charge < -0.3 is 28.5 Å². The first-order valence-corrected chi connectivity index (χ1v) is 30.7. The molecule has 10 heteroatoms. The Morgan fingerprint density at radius 1 is 0.521 bits per heavy atom. The summed E-state index contributed by atoms with van der Waals surface area (Å²) in [5, 5.41) is 3.01. The van der Waals surface area contributed by atoms with Gasteiger partial charge in [-0.05, 0) is 83.1 Å². The van der Waals surface area contributed by atoms with Crippen LogP contribution in [0.15, 0.2) is 72.9 Å². The number of nitrogens with one attached hydrogen (secondary N) is 1. The van der Waals surface area contributed by atoms with Gasteiger partial charge in [-0.25, -0.2) is 0 Å². The average molecular weight is 1020 g/mol. The summed E-state index contributed by atoms with van der Waals surface area (Å²) < 4.78 is 30.2. The predicted octanol–water partition coefficient (Wildman–Crippen LogP) is 17.0. The molecule has 3 unspecified atom stereocenters. The van der Waals surface area contributed by atoms with E-state index in [0.717, 1.165) is 96.3 Å². The summed E-state index contributed by atoms with van der Waals surface area (Å²) in [5.74, 6) is -0.570. The van der Waals surface area contributed by atoms with Crippen molar-refractivity contribution in [3.63, 3.8) is 0 Å². The first-order valence-electron chi connectivity index (χ1n) is 29.3. The number of unbranched alkanes of at least 4 members (excludes halogenated alkanes) is 28. The third-order valence-electron chi connectivity index (χ3n) is 12.7. The van der Waals surface area contributed by atoms with E-state index < -0.39 is 26.6 Å². The number of carbonyl (C=O) groups is 2. The van der Waals surface area contributed by atoms with Crippen molar-refractivity contribution in [1.82, 2.24) is 5.32 Å². The Morgan fingerprint density at radius 3 is 1.48 bits per heavy atom. The van der Waals surface area contributed by atoms with Crippen molar-refractivity contribution in [3.05, 3.63) is 72.9 Å². The van der Waals surface area contributed by atoms with Crippen LogP contribution in [0.4, 0.5) is 0 Å². The standard InChI is InChI=1S/C61H111N2O7P/c1-7-10-13-16-19-22-25-28-29-30-31-32-33-36-39-42-45-48-51-54-61(65)70-59(52-49-46-43-40-37-34-26-23-20-17-14-11-8-2)58(57-69-71(66,67)68-56-55-63(4,5)6)62-60(64)53-50-47-44-41-38-35-27-24-21-18-15-12-9-3/h12,15,18-19,21-22,24,27-29,49,52,58-59H,7-11,13-14,16-17,20,23,25-26,30-48,50-51,53-57H2,1-6H3,(H-,62,64,66,67)/b15-12+,21-18+,22-19-,27-24-,29-28-,52-49-. The number of esters is 1. The zero-order valence-corrected chi connectivity index (χ0v) is 47.8. The largest absolute Gasteiger partial charge is 0.756 e. The molecule has 1 amide bonds. The lowest BCUT2D eigenvalue weighted by Gasteiger charge is -2.30. The molecule has 0 aromatic rings. The molecular weight excluding hydrogens is 904 g/mol. The minimum atomic E-state index is -4.70. The van der Waals surface area contributed by atoms with Crippen LogP contribution in [0.5, 0.6) is 0 Å². The van der Waals surface area contributed by atoms with Crippen molar-refractivity contribution >= 4 is 19.7 Å². The molecule has 1 N–H and O–H groups in total. The van der Waals surface area contributed by atoms with Crippen molar-refractivity contribution in [1.29, 1.82) is 0 Å². The number of allylic oxidation sites excluding steroid dienone is 11. The summed E-state index contributed by atoms with van der Waals surface area (Å²) in [5.41, 5.74) is 0. The lowest BCUT2D eigenvalue weighted by Crippen LogP contribution is -2.47. The summed E-state index contributed by atoms with van der Waals surface area (Å²) >= 11 is 0. The highest BCUT2D eigenvalue weighted by Gasteiger charge is 2.27. The van der Waals surface area contributed by atoms with Crippen molar-refractivity contribution < 1.29 is 37.3 Å². The molecule has 0 aromatic carbocycles. The van der Waals surface area contributed by atoms with Gasteiger partial charge in [-0.2, -0.15) is 0 Å². The number of carbonyl (C=O) groups excluding carboxylic acids is 2. The fourth-order valence-corrected chi connectivity index (χ4v) is 8.86. The Morgan fingerprint density at radius 2 is 0.958 bits per heavy atom. The van der Waals surface area contributed by atoms with Crippen LogP contribution in [0.3, 0.4) is 0 Å². The smallest absolute Gasteiger partial charge is 0.306 e. The molecule has 3 atom stereocenters. The number of phosphoric acid groups is 1. The van der Waals surface area contributed by atoms with Crippen LogP contribution >= 0.6 is 7.82 Å². The normalized spacial score (nSPS) is 14.3. The quantitative estimate of drug-likeness (QED) is 0.0161. The van der Waals surface area contributed by atoms with Gasteiger partial charge in [-0.15, -0.1) is 0 Å². The summed E-state index contributed by atoms with van der Waals surface area (Å²) in [6.45, 7) is 6.66. The first-order chi connectivity index (χ1) is 34.4. The van der Waals surface area contributed by atoms with Gasteiger partial charge in [0, 0.05) is 12.8 Å². The Balaban J connectivity index is 5.34. The number of amides is 1. The van der Waals surface area contributed by atoms with Crippen LogP contribution in [0, 0.1) is 0 Å². The lowest BCUT2D eigenvalue weighted by molar-refractivity contribution is -0.870. The molecule has 0 heterocycles. The van der Waals surface area contributed by atoms with Gasteiger partial charge >= 0.3 is 5.97 Å². The molecule has 0 aliphatic rings. The lowest BCUT2D eigenvalue weighted by atomic mass is 10.0. The molecule has 412 valence electrons. The minimum Gasteiger partial charge on any atom is -0.756 e. The van der Waals surface area contributed by atoms with E-state index in [-0.39, 0.29) is 24.9 Å². The Kier molecular flexibility index (Phi) is 49.1. The number of ether oxygens (including phenoxy) is 1. The second-order valence-corrected chi connectivity index (χ2v) is 22.2. The minimum absolute atomic E-state index is 0.0296.